The molecule has 0 saturated heterocycles. The van der Waals surface area contributed by atoms with E-state index in [9.17, 15) is 4.79 Å². The van der Waals surface area contributed by atoms with Gasteiger partial charge in [0, 0.05) is 6.42 Å². The van der Waals surface area contributed by atoms with Gasteiger partial charge in [-0.25, -0.2) is 4.98 Å². The van der Waals surface area contributed by atoms with Gasteiger partial charge in [0.1, 0.15) is 0 Å². The third-order valence-electron chi connectivity index (χ3n) is 2.06. The molecule has 80 valence electrons. The highest BCUT2D eigenvalue weighted by molar-refractivity contribution is 5.88. The Morgan fingerprint density at radius 3 is 2.69 bits per heavy atom. The molecule has 1 aromatic heterocycles. The fraction of sp³-hybridized carbons (Fsp3) is 0.0909. The number of carbonyl (C=O) groups is 1. The highest BCUT2D eigenvalue weighted by Crippen LogP contribution is 2.05. The lowest BCUT2D eigenvalue weighted by Gasteiger charge is -2.00. The number of hydrogen-bond donors (Lipinski definition) is 1. The van der Waals surface area contributed by atoms with Crippen LogP contribution in [0.25, 0.3) is 0 Å². The molecule has 0 unspecified atom stereocenters. The second-order valence-electron chi connectivity index (χ2n) is 3.30. The van der Waals surface area contributed by atoms with Crippen molar-refractivity contribution < 1.29 is 4.79 Å². The van der Waals surface area contributed by atoms with E-state index in [-0.39, 0.29) is 5.82 Å². The van der Waals surface area contributed by atoms with Gasteiger partial charge in [-0.3, -0.25) is 4.79 Å². The van der Waals surface area contributed by atoms with Gasteiger partial charge in [-0.15, -0.1) is 5.10 Å². The molecule has 5 nitrogen and oxygen atoms in total. The molecule has 0 atom stereocenters. The predicted octanol–water partition coefficient (Wildman–Crippen LogP) is 0.561. The number of rotatable bonds is 3. The van der Waals surface area contributed by atoms with E-state index in [4.69, 9.17) is 5.73 Å². The number of benzene rings is 1. The van der Waals surface area contributed by atoms with Crippen LogP contribution in [0.15, 0.2) is 36.5 Å². The molecule has 2 N–H and O–H groups in total. The average Bonchev–Trinajstić information content (AvgIpc) is 2.30. The van der Waals surface area contributed by atoms with Gasteiger partial charge in [0.15, 0.2) is 0 Å². The minimum Gasteiger partial charge on any atom is -0.363 e. The number of hydrogen-bond acceptors (Lipinski definition) is 4. The number of carbonyl (C=O) groups excluding carboxylic acids is 1. The summed E-state index contributed by atoms with van der Waals surface area (Å²) in [4.78, 5) is 14.9. The Bertz CT molecular complexity index is 498. The molecule has 1 amide bonds. The van der Waals surface area contributed by atoms with Crippen molar-refractivity contribution in [2.24, 2.45) is 5.73 Å². The van der Waals surface area contributed by atoms with E-state index in [0.29, 0.717) is 12.1 Å². The lowest BCUT2D eigenvalue weighted by molar-refractivity contribution is 0.0989. The lowest BCUT2D eigenvalue weighted by Crippen LogP contribution is -2.17. The summed E-state index contributed by atoms with van der Waals surface area (Å²) in [5.41, 5.74) is 6.84. The van der Waals surface area contributed by atoms with E-state index in [1.165, 1.54) is 6.20 Å². The quantitative estimate of drug-likeness (QED) is 0.809. The van der Waals surface area contributed by atoms with E-state index >= 15 is 0 Å². The molecule has 16 heavy (non-hydrogen) atoms. The fourth-order valence-electron chi connectivity index (χ4n) is 1.33. The third-order valence-corrected chi connectivity index (χ3v) is 2.06. The van der Waals surface area contributed by atoms with Crippen LogP contribution in [0.1, 0.15) is 21.9 Å². The van der Waals surface area contributed by atoms with Gasteiger partial charge in [0.25, 0.3) is 5.91 Å². The zero-order chi connectivity index (χ0) is 11.4. The SMILES string of the molecule is NC(=O)c1nncc(Cc2ccccc2)n1. The van der Waals surface area contributed by atoms with Gasteiger partial charge in [0.05, 0.1) is 11.9 Å². The molecule has 0 spiro atoms. The van der Waals surface area contributed by atoms with Crippen molar-refractivity contribution >= 4 is 5.91 Å². The summed E-state index contributed by atoms with van der Waals surface area (Å²) < 4.78 is 0. The Balaban J connectivity index is 2.22. The second-order valence-corrected chi connectivity index (χ2v) is 3.30. The van der Waals surface area contributed by atoms with Gasteiger partial charge < -0.3 is 5.73 Å². The summed E-state index contributed by atoms with van der Waals surface area (Å²) in [7, 11) is 0. The van der Waals surface area contributed by atoms with Crippen LogP contribution in [0.2, 0.25) is 0 Å². The van der Waals surface area contributed by atoms with Crippen LogP contribution in [0.5, 0.6) is 0 Å². The van der Waals surface area contributed by atoms with Crippen LogP contribution in [0.4, 0.5) is 0 Å². The average molecular weight is 214 g/mol. The molecule has 0 aliphatic rings. The van der Waals surface area contributed by atoms with Gasteiger partial charge >= 0.3 is 0 Å². The monoisotopic (exact) mass is 214 g/mol. The molecule has 0 bridgehead atoms. The molecule has 1 heterocycles. The van der Waals surface area contributed by atoms with Crippen molar-refractivity contribution in [3.8, 4) is 0 Å². The fourth-order valence-corrected chi connectivity index (χ4v) is 1.33. The van der Waals surface area contributed by atoms with Crippen molar-refractivity contribution in [2.45, 2.75) is 6.42 Å². The van der Waals surface area contributed by atoms with Crippen molar-refractivity contribution in [3.05, 3.63) is 53.6 Å². The van der Waals surface area contributed by atoms with Gasteiger partial charge in [-0.1, -0.05) is 30.3 Å². The van der Waals surface area contributed by atoms with Crippen molar-refractivity contribution in [3.63, 3.8) is 0 Å². The van der Waals surface area contributed by atoms with Crippen LogP contribution in [0, 0.1) is 0 Å². The Kier molecular flexibility index (Phi) is 2.86. The maximum Gasteiger partial charge on any atom is 0.288 e. The molecule has 0 saturated carbocycles. The molecular weight excluding hydrogens is 204 g/mol. The summed E-state index contributed by atoms with van der Waals surface area (Å²) in [6, 6.07) is 9.78. The predicted molar refractivity (Wildman–Crippen MR) is 57.6 cm³/mol. The number of nitrogens with zero attached hydrogens (tertiary/aromatic N) is 3. The number of primary amides is 1. The zero-order valence-corrected chi connectivity index (χ0v) is 8.50. The third kappa shape index (κ3) is 2.38. The molecule has 0 radical (unpaired) electrons. The van der Waals surface area contributed by atoms with E-state index < -0.39 is 5.91 Å². The normalized spacial score (nSPS) is 10.0. The lowest BCUT2D eigenvalue weighted by atomic mass is 10.1. The van der Waals surface area contributed by atoms with Gasteiger partial charge in [0.2, 0.25) is 5.82 Å². The second kappa shape index (κ2) is 4.48. The molecule has 2 rings (SSSR count). The molecule has 0 aliphatic carbocycles. The maximum atomic E-state index is 10.9. The van der Waals surface area contributed by atoms with Gasteiger partial charge in [-0.05, 0) is 5.56 Å². The topological polar surface area (TPSA) is 81.8 Å². The first kappa shape index (κ1) is 10.2. The summed E-state index contributed by atoms with van der Waals surface area (Å²) in [5, 5.41) is 7.23. The standard InChI is InChI=1S/C11H10N4O/c12-10(16)11-14-9(7-13-15-11)6-8-4-2-1-3-5-8/h1-5,7H,6H2,(H2,12,16). The van der Waals surface area contributed by atoms with E-state index in [0.717, 1.165) is 5.56 Å². The molecular formula is C11H10N4O. The van der Waals surface area contributed by atoms with Crippen LogP contribution in [-0.2, 0) is 6.42 Å². The Morgan fingerprint density at radius 1 is 1.25 bits per heavy atom. The van der Waals surface area contributed by atoms with Crippen molar-refractivity contribution in [1.29, 1.82) is 0 Å². The molecule has 0 aliphatic heterocycles. The minimum atomic E-state index is -0.664. The van der Waals surface area contributed by atoms with E-state index in [1.807, 2.05) is 30.3 Å². The minimum absolute atomic E-state index is 0.0477. The highest BCUT2D eigenvalue weighted by Gasteiger charge is 2.06. The number of aromatic nitrogens is 3. The van der Waals surface area contributed by atoms with Crippen LogP contribution in [0.3, 0.4) is 0 Å². The molecule has 5 heteroatoms. The summed E-state index contributed by atoms with van der Waals surface area (Å²) in [6.45, 7) is 0. The first-order chi connectivity index (χ1) is 7.75. The Hall–Kier alpha value is -2.30. The largest absolute Gasteiger partial charge is 0.363 e. The Morgan fingerprint density at radius 2 is 2.00 bits per heavy atom. The smallest absolute Gasteiger partial charge is 0.288 e. The first-order valence-corrected chi connectivity index (χ1v) is 4.78. The maximum absolute atomic E-state index is 10.9. The zero-order valence-electron chi connectivity index (χ0n) is 8.50. The van der Waals surface area contributed by atoms with E-state index in [2.05, 4.69) is 15.2 Å². The summed E-state index contributed by atoms with van der Waals surface area (Å²) in [5.74, 6) is -0.712. The molecule has 1 aromatic carbocycles. The number of nitrogens with two attached hydrogens (primary N) is 1. The van der Waals surface area contributed by atoms with Crippen LogP contribution >= 0.6 is 0 Å². The van der Waals surface area contributed by atoms with Crippen LogP contribution < -0.4 is 5.73 Å². The summed E-state index contributed by atoms with van der Waals surface area (Å²) in [6.07, 6.45) is 2.13. The summed E-state index contributed by atoms with van der Waals surface area (Å²) >= 11 is 0. The highest BCUT2D eigenvalue weighted by atomic mass is 16.1. The number of amides is 1. The molecule has 0 fully saturated rings. The Labute approximate surface area is 92.3 Å². The van der Waals surface area contributed by atoms with Crippen LogP contribution in [-0.4, -0.2) is 21.1 Å². The first-order valence-electron chi connectivity index (χ1n) is 4.78. The van der Waals surface area contributed by atoms with E-state index in [1.54, 1.807) is 0 Å². The van der Waals surface area contributed by atoms with Gasteiger partial charge in [-0.2, -0.15) is 5.10 Å². The van der Waals surface area contributed by atoms with Crippen molar-refractivity contribution in [1.82, 2.24) is 15.2 Å². The van der Waals surface area contributed by atoms with Crippen molar-refractivity contribution in [2.75, 3.05) is 0 Å². The molecule has 2 aromatic rings.